The van der Waals surface area contributed by atoms with Gasteiger partial charge in [0.05, 0.1) is 6.04 Å². The van der Waals surface area contributed by atoms with Gasteiger partial charge in [0.2, 0.25) is 0 Å². The van der Waals surface area contributed by atoms with Crippen LogP contribution in [0.4, 0.5) is 0 Å². The van der Waals surface area contributed by atoms with Gasteiger partial charge >= 0.3 is 0 Å². The van der Waals surface area contributed by atoms with Crippen molar-refractivity contribution in [3.63, 3.8) is 0 Å². The number of carbonyl (C=O) groups excluding carboxylic acids is 1. The van der Waals surface area contributed by atoms with Crippen LogP contribution in [0.15, 0.2) is 54.6 Å². The predicted octanol–water partition coefficient (Wildman–Crippen LogP) is 4.34. The molecular weight excluding hydrogens is 308 g/mol. The molecule has 0 bridgehead atoms. The molecule has 0 aromatic heterocycles. The molecule has 3 heteroatoms. The smallest absolute Gasteiger partial charge is 0.251 e. The summed E-state index contributed by atoms with van der Waals surface area (Å²) in [6.07, 6.45) is 5.12. The van der Waals surface area contributed by atoms with Crippen molar-refractivity contribution in [1.82, 2.24) is 10.2 Å². The molecule has 0 spiro atoms. The number of benzene rings is 2. The maximum Gasteiger partial charge on any atom is 0.251 e. The van der Waals surface area contributed by atoms with Crippen molar-refractivity contribution >= 4 is 5.91 Å². The minimum absolute atomic E-state index is 0.00698. The van der Waals surface area contributed by atoms with Crippen molar-refractivity contribution in [2.24, 2.45) is 0 Å². The molecule has 3 rings (SSSR count). The number of hydrogen-bond acceptors (Lipinski definition) is 2. The summed E-state index contributed by atoms with van der Waals surface area (Å²) in [5, 5.41) is 3.15. The van der Waals surface area contributed by atoms with Crippen molar-refractivity contribution in [2.75, 3.05) is 19.6 Å². The third-order valence-corrected chi connectivity index (χ3v) is 5.04. The zero-order chi connectivity index (χ0) is 17.5. The van der Waals surface area contributed by atoms with Crippen LogP contribution in [-0.4, -0.2) is 30.4 Å². The molecule has 1 aliphatic heterocycles. The highest BCUT2D eigenvalue weighted by molar-refractivity contribution is 5.94. The Morgan fingerprint density at radius 1 is 0.960 bits per heavy atom. The minimum atomic E-state index is 0.00698. The number of nitrogens with zero attached hydrogens (tertiary/aromatic N) is 1. The lowest BCUT2D eigenvalue weighted by molar-refractivity contribution is 0.0933. The first-order valence-corrected chi connectivity index (χ1v) is 9.38. The third-order valence-electron chi connectivity index (χ3n) is 5.04. The molecule has 25 heavy (non-hydrogen) atoms. The molecule has 2 aromatic rings. The second-order valence-electron chi connectivity index (χ2n) is 6.95. The van der Waals surface area contributed by atoms with Crippen molar-refractivity contribution in [3.8, 4) is 0 Å². The Kier molecular flexibility index (Phi) is 6.24. The van der Waals surface area contributed by atoms with E-state index in [4.69, 9.17) is 0 Å². The number of rotatable bonds is 5. The first-order chi connectivity index (χ1) is 12.2. The number of likely N-dealkylation sites (tertiary alicyclic amines) is 1. The van der Waals surface area contributed by atoms with Gasteiger partial charge in [-0.05, 0) is 50.6 Å². The summed E-state index contributed by atoms with van der Waals surface area (Å²) in [7, 11) is 0. The largest absolute Gasteiger partial charge is 0.350 e. The van der Waals surface area contributed by atoms with Gasteiger partial charge in [-0.15, -0.1) is 0 Å². The number of amides is 1. The standard InChI is InChI=1S/C22H28N2O/c1-18-11-13-19(14-12-18)21(24-15-7-2-3-8-16-24)17-23-22(25)20-9-5-4-6-10-20/h4-6,9-14,21H,2-3,7-8,15-17H2,1H3,(H,23,25)/t21-/m0/s1. The van der Waals surface area contributed by atoms with Gasteiger partial charge in [-0.3, -0.25) is 9.69 Å². The molecule has 0 saturated carbocycles. The van der Waals surface area contributed by atoms with E-state index in [1.165, 1.54) is 36.8 Å². The maximum absolute atomic E-state index is 12.5. The number of nitrogens with one attached hydrogen (secondary N) is 1. The highest BCUT2D eigenvalue weighted by Crippen LogP contribution is 2.24. The van der Waals surface area contributed by atoms with Gasteiger partial charge in [0.15, 0.2) is 0 Å². The van der Waals surface area contributed by atoms with Crippen LogP contribution in [0.5, 0.6) is 0 Å². The monoisotopic (exact) mass is 336 g/mol. The van der Waals surface area contributed by atoms with E-state index in [0.717, 1.165) is 18.7 Å². The van der Waals surface area contributed by atoms with Crippen molar-refractivity contribution in [1.29, 1.82) is 0 Å². The Morgan fingerprint density at radius 3 is 2.24 bits per heavy atom. The summed E-state index contributed by atoms with van der Waals surface area (Å²) < 4.78 is 0. The molecule has 1 atom stereocenters. The topological polar surface area (TPSA) is 32.3 Å². The molecule has 1 heterocycles. The zero-order valence-corrected chi connectivity index (χ0v) is 15.1. The van der Waals surface area contributed by atoms with Crippen LogP contribution in [0, 0.1) is 6.92 Å². The summed E-state index contributed by atoms with van der Waals surface area (Å²) in [5.74, 6) is 0.00698. The SMILES string of the molecule is Cc1ccc([C@H](CNC(=O)c2ccccc2)N2CCCCCC2)cc1. The van der Waals surface area contributed by atoms with Crippen molar-refractivity contribution < 1.29 is 4.79 Å². The highest BCUT2D eigenvalue weighted by atomic mass is 16.1. The average Bonchev–Trinajstić information content (AvgIpc) is 2.93. The van der Waals surface area contributed by atoms with Crippen LogP contribution in [-0.2, 0) is 0 Å². The van der Waals surface area contributed by atoms with Crippen molar-refractivity contribution in [3.05, 3.63) is 71.3 Å². The summed E-state index contributed by atoms with van der Waals surface area (Å²) in [5.41, 5.74) is 3.29. The summed E-state index contributed by atoms with van der Waals surface area (Å²) in [6.45, 7) is 4.98. The lowest BCUT2D eigenvalue weighted by Crippen LogP contribution is -2.38. The quantitative estimate of drug-likeness (QED) is 0.881. The molecule has 1 aliphatic rings. The van der Waals surface area contributed by atoms with Gasteiger partial charge in [0, 0.05) is 12.1 Å². The Morgan fingerprint density at radius 2 is 1.60 bits per heavy atom. The van der Waals surface area contributed by atoms with Gasteiger partial charge in [0.1, 0.15) is 0 Å². The summed E-state index contributed by atoms with van der Waals surface area (Å²) in [6, 6.07) is 18.5. The Balaban J connectivity index is 1.73. The van der Waals surface area contributed by atoms with Crippen LogP contribution < -0.4 is 5.32 Å². The van der Waals surface area contributed by atoms with Gasteiger partial charge in [-0.25, -0.2) is 0 Å². The third kappa shape index (κ3) is 4.93. The predicted molar refractivity (Wildman–Crippen MR) is 103 cm³/mol. The second-order valence-corrected chi connectivity index (χ2v) is 6.95. The molecule has 132 valence electrons. The van der Waals surface area contributed by atoms with E-state index < -0.39 is 0 Å². The number of aryl methyl sites for hydroxylation is 1. The van der Waals surface area contributed by atoms with Gasteiger partial charge in [-0.2, -0.15) is 0 Å². The second kappa shape index (κ2) is 8.82. The molecule has 1 fully saturated rings. The van der Waals surface area contributed by atoms with Crippen LogP contribution in [0.1, 0.15) is 53.2 Å². The maximum atomic E-state index is 12.5. The van der Waals surface area contributed by atoms with Crippen molar-refractivity contribution in [2.45, 2.75) is 38.6 Å². The molecule has 1 N–H and O–H groups in total. The molecule has 0 unspecified atom stereocenters. The fourth-order valence-corrected chi connectivity index (χ4v) is 3.53. The van der Waals surface area contributed by atoms with E-state index in [1.54, 1.807) is 0 Å². The first kappa shape index (κ1) is 17.7. The normalized spacial score (nSPS) is 16.8. The van der Waals surface area contributed by atoms with E-state index >= 15 is 0 Å². The Hall–Kier alpha value is -2.13. The van der Waals surface area contributed by atoms with E-state index in [1.807, 2.05) is 30.3 Å². The average molecular weight is 336 g/mol. The van der Waals surface area contributed by atoms with Crippen LogP contribution in [0.25, 0.3) is 0 Å². The number of hydrogen-bond donors (Lipinski definition) is 1. The molecular formula is C22H28N2O. The molecule has 0 radical (unpaired) electrons. The fourth-order valence-electron chi connectivity index (χ4n) is 3.53. The van der Waals surface area contributed by atoms with E-state index in [9.17, 15) is 4.79 Å². The Labute approximate surface area is 151 Å². The first-order valence-electron chi connectivity index (χ1n) is 9.38. The molecule has 2 aromatic carbocycles. The lowest BCUT2D eigenvalue weighted by Gasteiger charge is -2.31. The zero-order valence-electron chi connectivity index (χ0n) is 15.1. The van der Waals surface area contributed by atoms with Crippen LogP contribution in [0.2, 0.25) is 0 Å². The van der Waals surface area contributed by atoms with E-state index in [2.05, 4.69) is 41.4 Å². The molecule has 0 aliphatic carbocycles. The van der Waals surface area contributed by atoms with Gasteiger partial charge in [0.25, 0.3) is 5.91 Å². The molecule has 1 saturated heterocycles. The van der Waals surface area contributed by atoms with Gasteiger partial charge in [-0.1, -0.05) is 60.9 Å². The number of carbonyl (C=O) groups is 1. The van der Waals surface area contributed by atoms with Crippen LogP contribution >= 0.6 is 0 Å². The summed E-state index contributed by atoms with van der Waals surface area (Å²) >= 11 is 0. The molecule has 1 amide bonds. The van der Waals surface area contributed by atoms with E-state index in [-0.39, 0.29) is 11.9 Å². The lowest BCUT2D eigenvalue weighted by atomic mass is 10.0. The fraction of sp³-hybridized carbons (Fsp3) is 0.409. The highest BCUT2D eigenvalue weighted by Gasteiger charge is 2.22. The van der Waals surface area contributed by atoms with Gasteiger partial charge < -0.3 is 5.32 Å². The molecule has 3 nitrogen and oxygen atoms in total. The van der Waals surface area contributed by atoms with E-state index in [0.29, 0.717) is 6.54 Å². The Bertz CT molecular complexity index is 658. The summed E-state index contributed by atoms with van der Waals surface area (Å²) in [4.78, 5) is 15.0. The minimum Gasteiger partial charge on any atom is -0.350 e. The van der Waals surface area contributed by atoms with Crippen LogP contribution in [0.3, 0.4) is 0 Å².